The third-order valence-corrected chi connectivity index (χ3v) is 3.38. The largest absolute Gasteiger partial charge is 0.454 e. The minimum Gasteiger partial charge on any atom is -0.454 e. The van der Waals surface area contributed by atoms with Crippen molar-refractivity contribution in [2.75, 3.05) is 32.1 Å². The molecule has 24 heavy (non-hydrogen) atoms. The number of imide groups is 1. The second-order valence-corrected chi connectivity index (χ2v) is 5.36. The Hall–Kier alpha value is -2.68. The number of amides is 4. The second-order valence-electron chi connectivity index (χ2n) is 4.96. The zero-order chi connectivity index (χ0) is 17.9. The molecule has 1 saturated heterocycles. The molecule has 1 heterocycles. The van der Waals surface area contributed by atoms with Crippen LogP contribution in [0.25, 0.3) is 0 Å². The molecule has 128 valence electrons. The number of hydrogen-bond acceptors (Lipinski definition) is 5. The van der Waals surface area contributed by atoms with Crippen LogP contribution in [0.4, 0.5) is 14.9 Å². The fourth-order valence-corrected chi connectivity index (χ4v) is 2.10. The number of nitrogens with zero attached hydrogens (tertiary/aromatic N) is 2. The number of halogens is 2. The fourth-order valence-electron chi connectivity index (χ4n) is 1.92. The van der Waals surface area contributed by atoms with Gasteiger partial charge in [-0.25, -0.2) is 9.18 Å². The van der Waals surface area contributed by atoms with E-state index < -0.39 is 42.8 Å². The van der Waals surface area contributed by atoms with Crippen LogP contribution in [0.3, 0.4) is 0 Å². The first-order valence-corrected chi connectivity index (χ1v) is 7.11. The maximum Gasteiger partial charge on any atom is 0.327 e. The van der Waals surface area contributed by atoms with Crippen molar-refractivity contribution in [3.05, 3.63) is 29.0 Å². The Balaban J connectivity index is 1.81. The van der Waals surface area contributed by atoms with Crippen LogP contribution in [0.5, 0.6) is 0 Å². The van der Waals surface area contributed by atoms with Gasteiger partial charge in [-0.15, -0.1) is 0 Å². The number of hydrogen-bond donors (Lipinski definition) is 1. The number of rotatable bonds is 5. The van der Waals surface area contributed by atoms with Gasteiger partial charge in [0.1, 0.15) is 18.9 Å². The van der Waals surface area contributed by atoms with Gasteiger partial charge in [0.15, 0.2) is 6.61 Å². The van der Waals surface area contributed by atoms with Crippen LogP contribution in [0.15, 0.2) is 18.2 Å². The molecular weight excluding hydrogens is 345 g/mol. The van der Waals surface area contributed by atoms with E-state index in [-0.39, 0.29) is 17.3 Å². The van der Waals surface area contributed by atoms with Crippen molar-refractivity contribution in [3.8, 4) is 0 Å². The summed E-state index contributed by atoms with van der Waals surface area (Å²) in [5.74, 6) is -2.74. The summed E-state index contributed by atoms with van der Waals surface area (Å²) in [5.41, 5.74) is 0.231. The lowest BCUT2D eigenvalue weighted by molar-refractivity contribution is -0.149. The Labute approximate surface area is 141 Å². The average molecular weight is 358 g/mol. The zero-order valence-electron chi connectivity index (χ0n) is 12.5. The monoisotopic (exact) mass is 357 g/mol. The van der Waals surface area contributed by atoms with Crippen LogP contribution in [-0.4, -0.2) is 60.4 Å². The van der Waals surface area contributed by atoms with Gasteiger partial charge in [-0.3, -0.25) is 19.3 Å². The number of likely N-dealkylation sites (N-methyl/N-ethyl adjacent to an activating group) is 1. The predicted molar refractivity (Wildman–Crippen MR) is 80.7 cm³/mol. The van der Waals surface area contributed by atoms with E-state index >= 15 is 0 Å². The van der Waals surface area contributed by atoms with Crippen LogP contribution < -0.4 is 5.32 Å². The molecule has 0 aromatic heterocycles. The maximum absolute atomic E-state index is 13.0. The van der Waals surface area contributed by atoms with E-state index in [0.717, 1.165) is 15.9 Å². The first-order valence-electron chi connectivity index (χ1n) is 6.74. The number of esters is 1. The van der Waals surface area contributed by atoms with Crippen LogP contribution in [0.2, 0.25) is 5.02 Å². The molecule has 10 heteroatoms. The summed E-state index contributed by atoms with van der Waals surface area (Å²) >= 11 is 5.57. The first-order chi connectivity index (χ1) is 11.3. The van der Waals surface area contributed by atoms with Crippen molar-refractivity contribution in [1.29, 1.82) is 0 Å². The van der Waals surface area contributed by atoms with E-state index in [1.54, 1.807) is 0 Å². The van der Waals surface area contributed by atoms with Gasteiger partial charge in [0.05, 0.1) is 5.02 Å². The molecule has 4 amide bonds. The highest BCUT2D eigenvalue weighted by molar-refractivity contribution is 6.31. The van der Waals surface area contributed by atoms with Crippen LogP contribution in [-0.2, 0) is 19.1 Å². The minimum atomic E-state index is -0.903. The summed E-state index contributed by atoms with van der Waals surface area (Å²) in [6.45, 7) is -1.31. The number of ether oxygens (including phenoxy) is 1. The van der Waals surface area contributed by atoms with Gasteiger partial charge in [0.25, 0.3) is 11.8 Å². The molecule has 8 nitrogen and oxygen atoms in total. The molecule has 0 atom stereocenters. The smallest absolute Gasteiger partial charge is 0.327 e. The normalized spacial score (nSPS) is 14.1. The van der Waals surface area contributed by atoms with E-state index in [0.29, 0.717) is 0 Å². The van der Waals surface area contributed by atoms with Gasteiger partial charge >= 0.3 is 12.0 Å². The molecular formula is C14H13ClFN3O5. The molecule has 2 rings (SSSR count). The van der Waals surface area contributed by atoms with Crippen molar-refractivity contribution in [3.63, 3.8) is 0 Å². The molecule has 0 bridgehead atoms. The summed E-state index contributed by atoms with van der Waals surface area (Å²) < 4.78 is 17.7. The third kappa shape index (κ3) is 4.19. The van der Waals surface area contributed by atoms with Gasteiger partial charge < -0.3 is 15.0 Å². The second kappa shape index (κ2) is 7.26. The highest BCUT2D eigenvalue weighted by Crippen LogP contribution is 2.19. The van der Waals surface area contributed by atoms with E-state index in [9.17, 15) is 23.6 Å². The highest BCUT2D eigenvalue weighted by atomic mass is 35.5. The first kappa shape index (κ1) is 17.7. The number of carbonyl (C=O) groups is 4. The Morgan fingerprint density at radius 1 is 1.38 bits per heavy atom. The fraction of sp³-hybridized carbons (Fsp3) is 0.286. The maximum atomic E-state index is 13.0. The van der Waals surface area contributed by atoms with Crippen molar-refractivity contribution >= 4 is 41.1 Å². The summed E-state index contributed by atoms with van der Waals surface area (Å²) in [6, 6.07) is 2.96. The van der Waals surface area contributed by atoms with Gasteiger partial charge in [-0.1, -0.05) is 11.6 Å². The van der Waals surface area contributed by atoms with Gasteiger partial charge in [-0.05, 0) is 18.2 Å². The summed E-state index contributed by atoms with van der Waals surface area (Å²) in [4.78, 5) is 48.2. The molecule has 1 aliphatic heterocycles. The Bertz CT molecular complexity index is 712. The minimum absolute atomic E-state index is 0.113. The highest BCUT2D eigenvalue weighted by Gasteiger charge is 2.35. The topological polar surface area (TPSA) is 96.0 Å². The summed E-state index contributed by atoms with van der Waals surface area (Å²) in [5, 5.41) is 2.19. The lowest BCUT2D eigenvalue weighted by atomic mass is 10.3. The zero-order valence-corrected chi connectivity index (χ0v) is 13.3. The van der Waals surface area contributed by atoms with E-state index in [1.165, 1.54) is 19.2 Å². The molecule has 1 fully saturated rings. The van der Waals surface area contributed by atoms with Gasteiger partial charge in [0, 0.05) is 12.7 Å². The number of benzene rings is 1. The molecule has 1 aromatic rings. The molecule has 0 radical (unpaired) electrons. The number of carbonyl (C=O) groups excluding carboxylic acids is 4. The number of nitrogens with one attached hydrogen (secondary N) is 1. The van der Waals surface area contributed by atoms with Crippen LogP contribution in [0.1, 0.15) is 0 Å². The van der Waals surface area contributed by atoms with Crippen molar-refractivity contribution in [2.24, 2.45) is 0 Å². The van der Waals surface area contributed by atoms with Crippen LogP contribution >= 0.6 is 11.6 Å². The predicted octanol–water partition coefficient (Wildman–Crippen LogP) is 0.855. The standard InChI is InChI=1S/C14H13ClFN3O5/c1-18-5-12(21)19(14(18)23)6-13(22)24-7-11(20)17-8-2-3-10(16)9(15)4-8/h2-4H,5-7H2,1H3,(H,17,20). The summed E-state index contributed by atoms with van der Waals surface area (Å²) in [6.07, 6.45) is 0. The van der Waals surface area contributed by atoms with Gasteiger partial charge in [-0.2, -0.15) is 0 Å². The van der Waals surface area contributed by atoms with Crippen LogP contribution in [0, 0.1) is 5.82 Å². The molecule has 0 saturated carbocycles. The third-order valence-electron chi connectivity index (χ3n) is 3.09. The SMILES string of the molecule is CN1CC(=O)N(CC(=O)OCC(=O)Nc2ccc(F)c(Cl)c2)C1=O. The van der Waals surface area contributed by atoms with E-state index in [4.69, 9.17) is 16.3 Å². The van der Waals surface area contributed by atoms with E-state index in [1.807, 2.05) is 0 Å². The Morgan fingerprint density at radius 2 is 2.08 bits per heavy atom. The van der Waals surface area contributed by atoms with Crippen molar-refractivity contribution < 1.29 is 28.3 Å². The van der Waals surface area contributed by atoms with Crippen molar-refractivity contribution in [2.45, 2.75) is 0 Å². The molecule has 0 unspecified atom stereocenters. The molecule has 0 spiro atoms. The number of urea groups is 1. The van der Waals surface area contributed by atoms with E-state index in [2.05, 4.69) is 5.32 Å². The number of anilines is 1. The Morgan fingerprint density at radius 3 is 2.67 bits per heavy atom. The molecule has 1 aliphatic rings. The lowest BCUT2D eigenvalue weighted by Crippen LogP contribution is -2.37. The summed E-state index contributed by atoms with van der Waals surface area (Å²) in [7, 11) is 1.42. The quantitative estimate of drug-likeness (QED) is 0.622. The van der Waals surface area contributed by atoms with Crippen molar-refractivity contribution in [1.82, 2.24) is 9.80 Å². The molecule has 1 aromatic carbocycles. The molecule has 1 N–H and O–H groups in total. The average Bonchev–Trinajstić information content (AvgIpc) is 2.75. The molecule has 0 aliphatic carbocycles. The Kier molecular flexibility index (Phi) is 5.35. The van der Waals surface area contributed by atoms with Gasteiger partial charge in [0.2, 0.25) is 0 Å². The lowest BCUT2D eigenvalue weighted by Gasteiger charge is -2.13.